The molecule has 1 amide bonds. The van der Waals surface area contributed by atoms with E-state index in [1.54, 1.807) is 36.5 Å². The van der Waals surface area contributed by atoms with E-state index in [1.807, 2.05) is 0 Å². The summed E-state index contributed by atoms with van der Waals surface area (Å²) < 4.78 is 18.5. The second-order valence-corrected chi connectivity index (χ2v) is 3.85. The van der Waals surface area contributed by atoms with Gasteiger partial charge in [0.05, 0.1) is 6.20 Å². The number of carbonyl (C=O) groups excluding carboxylic acids is 1. The van der Waals surface area contributed by atoms with Crippen LogP contribution in [0.5, 0.6) is 5.75 Å². The van der Waals surface area contributed by atoms with Crippen LogP contribution in [0.2, 0.25) is 0 Å². The van der Waals surface area contributed by atoms with E-state index in [4.69, 9.17) is 4.74 Å². The molecule has 0 aliphatic heterocycles. The molecular weight excluding hydrogens is 247 g/mol. The molecule has 0 unspecified atom stereocenters. The van der Waals surface area contributed by atoms with Crippen molar-refractivity contribution in [2.75, 3.05) is 6.61 Å². The summed E-state index contributed by atoms with van der Waals surface area (Å²) in [6.45, 7) is 0.0159. The van der Waals surface area contributed by atoms with Gasteiger partial charge in [-0.2, -0.15) is 0 Å². The number of hydrogen-bond acceptors (Lipinski definition) is 3. The lowest BCUT2D eigenvalue weighted by atomic mass is 10.2. The summed E-state index contributed by atoms with van der Waals surface area (Å²) in [6.07, 6.45) is 3.13. The van der Waals surface area contributed by atoms with E-state index in [0.717, 1.165) is 0 Å². The van der Waals surface area contributed by atoms with Crippen molar-refractivity contribution in [3.05, 3.63) is 60.2 Å². The second-order valence-electron chi connectivity index (χ2n) is 3.85. The highest BCUT2D eigenvalue weighted by molar-refractivity contribution is 5.77. The monoisotopic (exact) mass is 260 g/mol. The molecule has 0 radical (unpaired) electrons. The number of aromatic nitrogens is 1. The maximum Gasteiger partial charge on any atom is 0.258 e. The average molecular weight is 260 g/mol. The van der Waals surface area contributed by atoms with Crippen molar-refractivity contribution in [1.82, 2.24) is 10.3 Å². The Morgan fingerprint density at radius 1 is 1.26 bits per heavy atom. The molecule has 0 saturated heterocycles. The Hall–Kier alpha value is -2.43. The summed E-state index contributed by atoms with van der Waals surface area (Å²) in [6, 6.07) is 9.72. The molecule has 4 nitrogen and oxygen atoms in total. The Bertz CT molecular complexity index is 546. The van der Waals surface area contributed by atoms with Gasteiger partial charge in [-0.05, 0) is 18.2 Å². The van der Waals surface area contributed by atoms with E-state index in [-0.39, 0.29) is 24.9 Å². The van der Waals surface area contributed by atoms with Crippen molar-refractivity contribution in [2.45, 2.75) is 6.54 Å². The largest absolute Gasteiger partial charge is 0.482 e. The van der Waals surface area contributed by atoms with E-state index in [9.17, 15) is 9.18 Å². The molecule has 0 aliphatic carbocycles. The zero-order valence-electron chi connectivity index (χ0n) is 10.2. The Balaban J connectivity index is 1.78. The molecule has 1 aromatic carbocycles. The lowest BCUT2D eigenvalue weighted by Crippen LogP contribution is -2.28. The molecule has 0 bridgehead atoms. The third kappa shape index (κ3) is 4.06. The summed E-state index contributed by atoms with van der Waals surface area (Å²) in [5.41, 5.74) is 0.442. The Morgan fingerprint density at radius 3 is 2.84 bits per heavy atom. The van der Waals surface area contributed by atoms with E-state index < -0.39 is 0 Å². The van der Waals surface area contributed by atoms with Crippen molar-refractivity contribution in [1.29, 1.82) is 0 Å². The molecular formula is C14H13FN2O2. The predicted molar refractivity (Wildman–Crippen MR) is 68.0 cm³/mol. The summed E-state index contributed by atoms with van der Waals surface area (Å²) in [5, 5.41) is 2.59. The molecule has 1 aromatic heterocycles. The summed E-state index contributed by atoms with van der Waals surface area (Å²) >= 11 is 0. The smallest absolute Gasteiger partial charge is 0.258 e. The maximum absolute atomic E-state index is 13.3. The SMILES string of the molecule is O=C(COc1cccnc1)NCc1ccccc1F. The standard InChI is InChI=1S/C14H13FN2O2/c15-13-6-2-1-4-11(13)8-17-14(18)10-19-12-5-3-7-16-9-12/h1-7,9H,8,10H2,(H,17,18). The number of nitrogens with one attached hydrogen (secondary N) is 1. The van der Waals surface area contributed by atoms with Crippen LogP contribution in [0.4, 0.5) is 4.39 Å². The van der Waals surface area contributed by atoms with Crippen LogP contribution in [0.15, 0.2) is 48.8 Å². The molecule has 98 valence electrons. The number of nitrogens with zero attached hydrogens (tertiary/aromatic N) is 1. The lowest BCUT2D eigenvalue weighted by Gasteiger charge is -2.07. The number of pyridine rings is 1. The third-order valence-corrected chi connectivity index (χ3v) is 2.44. The number of halogens is 1. The van der Waals surface area contributed by atoms with Crippen LogP contribution < -0.4 is 10.1 Å². The zero-order valence-corrected chi connectivity index (χ0v) is 10.2. The van der Waals surface area contributed by atoms with Gasteiger partial charge < -0.3 is 10.1 Å². The molecule has 2 rings (SSSR count). The molecule has 0 aliphatic rings. The number of benzene rings is 1. The van der Waals surface area contributed by atoms with Crippen LogP contribution in [0, 0.1) is 5.82 Å². The number of rotatable bonds is 5. The van der Waals surface area contributed by atoms with Crippen molar-refractivity contribution in [3.8, 4) is 5.75 Å². The van der Waals surface area contributed by atoms with Crippen LogP contribution >= 0.6 is 0 Å². The van der Waals surface area contributed by atoms with Crippen LogP contribution in [-0.2, 0) is 11.3 Å². The number of carbonyl (C=O) groups is 1. The average Bonchev–Trinajstić information content (AvgIpc) is 2.45. The minimum Gasteiger partial charge on any atom is -0.482 e. The van der Waals surface area contributed by atoms with Crippen molar-refractivity contribution >= 4 is 5.91 Å². The highest BCUT2D eigenvalue weighted by Gasteiger charge is 2.05. The fourth-order valence-corrected chi connectivity index (χ4v) is 1.47. The van der Waals surface area contributed by atoms with Gasteiger partial charge in [0.15, 0.2) is 6.61 Å². The van der Waals surface area contributed by atoms with Gasteiger partial charge in [0.2, 0.25) is 0 Å². The summed E-state index contributed by atoms with van der Waals surface area (Å²) in [7, 11) is 0. The van der Waals surface area contributed by atoms with Crippen LogP contribution in [0.1, 0.15) is 5.56 Å². The zero-order chi connectivity index (χ0) is 13.5. The number of ether oxygens (including phenoxy) is 1. The third-order valence-electron chi connectivity index (χ3n) is 2.44. The first kappa shape index (κ1) is 13.0. The van der Waals surface area contributed by atoms with Gasteiger partial charge in [-0.3, -0.25) is 9.78 Å². The first-order valence-electron chi connectivity index (χ1n) is 5.78. The molecule has 2 aromatic rings. The van der Waals surface area contributed by atoms with Crippen molar-refractivity contribution in [3.63, 3.8) is 0 Å². The van der Waals surface area contributed by atoms with E-state index >= 15 is 0 Å². The molecule has 1 N–H and O–H groups in total. The fraction of sp³-hybridized carbons (Fsp3) is 0.143. The van der Waals surface area contributed by atoms with Gasteiger partial charge in [0, 0.05) is 18.3 Å². The molecule has 1 heterocycles. The molecule has 0 spiro atoms. The van der Waals surface area contributed by atoms with Gasteiger partial charge in [-0.1, -0.05) is 18.2 Å². The topological polar surface area (TPSA) is 51.2 Å². The summed E-state index contributed by atoms with van der Waals surface area (Å²) in [4.78, 5) is 15.4. The molecule has 0 atom stereocenters. The molecule has 0 saturated carbocycles. The van der Waals surface area contributed by atoms with Crippen molar-refractivity contribution < 1.29 is 13.9 Å². The van der Waals surface area contributed by atoms with E-state index in [1.165, 1.54) is 12.3 Å². The second kappa shape index (κ2) is 6.49. The molecule has 5 heteroatoms. The Labute approximate surface area is 110 Å². The minimum absolute atomic E-state index is 0.125. The van der Waals surface area contributed by atoms with Gasteiger partial charge >= 0.3 is 0 Å². The Morgan fingerprint density at radius 2 is 2.11 bits per heavy atom. The number of hydrogen-bond donors (Lipinski definition) is 1. The fourth-order valence-electron chi connectivity index (χ4n) is 1.47. The highest BCUT2D eigenvalue weighted by Crippen LogP contribution is 2.06. The molecule has 19 heavy (non-hydrogen) atoms. The van der Waals surface area contributed by atoms with Crippen LogP contribution in [0.25, 0.3) is 0 Å². The van der Waals surface area contributed by atoms with Gasteiger partial charge in [0.1, 0.15) is 11.6 Å². The maximum atomic E-state index is 13.3. The van der Waals surface area contributed by atoms with Gasteiger partial charge in [-0.15, -0.1) is 0 Å². The van der Waals surface area contributed by atoms with E-state index in [2.05, 4.69) is 10.3 Å². The lowest BCUT2D eigenvalue weighted by molar-refractivity contribution is -0.123. The van der Waals surface area contributed by atoms with Gasteiger partial charge in [0.25, 0.3) is 5.91 Å². The number of amides is 1. The Kier molecular flexibility index (Phi) is 4.44. The van der Waals surface area contributed by atoms with Gasteiger partial charge in [-0.25, -0.2) is 4.39 Å². The first-order valence-corrected chi connectivity index (χ1v) is 5.78. The molecule has 0 fully saturated rings. The van der Waals surface area contributed by atoms with Crippen LogP contribution in [-0.4, -0.2) is 17.5 Å². The quantitative estimate of drug-likeness (QED) is 0.893. The van der Waals surface area contributed by atoms with E-state index in [0.29, 0.717) is 11.3 Å². The first-order chi connectivity index (χ1) is 9.25. The van der Waals surface area contributed by atoms with Crippen molar-refractivity contribution in [2.24, 2.45) is 0 Å². The minimum atomic E-state index is -0.337. The van der Waals surface area contributed by atoms with Crippen LogP contribution in [0.3, 0.4) is 0 Å². The normalized spacial score (nSPS) is 9.95. The summed E-state index contributed by atoms with van der Waals surface area (Å²) in [5.74, 6) is -0.133. The predicted octanol–water partition coefficient (Wildman–Crippen LogP) is 1.92. The highest BCUT2D eigenvalue weighted by atomic mass is 19.1.